The quantitative estimate of drug-likeness (QED) is 0.349. The van der Waals surface area contributed by atoms with Gasteiger partial charge in [-0.2, -0.15) is 0 Å². The zero-order valence-corrected chi connectivity index (χ0v) is 19.0. The van der Waals surface area contributed by atoms with Crippen molar-refractivity contribution in [1.29, 1.82) is 0 Å². The summed E-state index contributed by atoms with van der Waals surface area (Å²) in [6.07, 6.45) is 0. The van der Waals surface area contributed by atoms with E-state index >= 15 is 0 Å². The summed E-state index contributed by atoms with van der Waals surface area (Å²) >= 11 is 4.58. The Labute approximate surface area is 186 Å². The van der Waals surface area contributed by atoms with Crippen LogP contribution in [0.15, 0.2) is 56.9 Å². The lowest BCUT2D eigenvalue weighted by atomic mass is 10.2. The molecule has 0 saturated heterocycles. The number of hydrogen-bond acceptors (Lipinski definition) is 5. The van der Waals surface area contributed by atoms with Gasteiger partial charge in [-0.3, -0.25) is 14.2 Å². The van der Waals surface area contributed by atoms with Crippen LogP contribution in [0.2, 0.25) is 0 Å². The molecule has 0 spiro atoms. The van der Waals surface area contributed by atoms with E-state index in [0.717, 1.165) is 4.47 Å². The third-order valence-electron chi connectivity index (χ3n) is 4.48. The summed E-state index contributed by atoms with van der Waals surface area (Å²) in [5.74, 6) is -0.421. The van der Waals surface area contributed by atoms with Gasteiger partial charge in [0.05, 0.1) is 29.8 Å². The van der Waals surface area contributed by atoms with Crippen LogP contribution in [0, 0.1) is 5.82 Å². The first-order chi connectivity index (χ1) is 14.4. The van der Waals surface area contributed by atoms with Crippen LogP contribution < -0.4 is 10.5 Å². The van der Waals surface area contributed by atoms with Gasteiger partial charge in [0.1, 0.15) is 5.82 Å². The van der Waals surface area contributed by atoms with Gasteiger partial charge in [-0.25, -0.2) is 9.37 Å². The molecule has 1 heterocycles. The molecule has 0 aliphatic heterocycles. The summed E-state index contributed by atoms with van der Waals surface area (Å²) in [6, 6.07) is 11.1. The molecule has 3 aromatic rings. The number of ether oxygens (including phenoxy) is 1. The molecule has 0 bridgehead atoms. The van der Waals surface area contributed by atoms with Crippen LogP contribution in [0.25, 0.3) is 10.9 Å². The van der Waals surface area contributed by atoms with Crippen LogP contribution in [0.3, 0.4) is 0 Å². The molecule has 0 atom stereocenters. The Balaban J connectivity index is 1.88. The minimum absolute atomic E-state index is 0.0900. The monoisotopic (exact) mass is 493 g/mol. The van der Waals surface area contributed by atoms with E-state index in [4.69, 9.17) is 4.74 Å². The number of hydrogen-bond donors (Lipinski definition) is 0. The van der Waals surface area contributed by atoms with Gasteiger partial charge in [-0.1, -0.05) is 27.7 Å². The van der Waals surface area contributed by atoms with Crippen molar-refractivity contribution < 1.29 is 13.9 Å². The molecule has 2 aromatic carbocycles. The first-order valence-electron chi connectivity index (χ1n) is 9.32. The van der Waals surface area contributed by atoms with Crippen LogP contribution >= 0.6 is 27.7 Å². The van der Waals surface area contributed by atoms with E-state index in [1.54, 1.807) is 36.3 Å². The largest absolute Gasteiger partial charge is 0.383 e. The predicted octanol–water partition coefficient (Wildman–Crippen LogP) is 4.09. The highest BCUT2D eigenvalue weighted by Crippen LogP contribution is 2.22. The second kappa shape index (κ2) is 10.2. The molecule has 9 heteroatoms. The number of benzene rings is 2. The van der Waals surface area contributed by atoms with Gasteiger partial charge in [-0.05, 0) is 49.4 Å². The first-order valence-corrected chi connectivity index (χ1v) is 11.1. The highest BCUT2D eigenvalue weighted by atomic mass is 79.9. The van der Waals surface area contributed by atoms with Crippen molar-refractivity contribution in [3.8, 4) is 0 Å². The molecule has 0 aliphatic carbocycles. The van der Waals surface area contributed by atoms with Crippen molar-refractivity contribution in [2.75, 3.05) is 30.9 Å². The lowest BCUT2D eigenvalue weighted by Crippen LogP contribution is -2.32. The van der Waals surface area contributed by atoms with Gasteiger partial charge in [0.15, 0.2) is 5.16 Å². The molecule has 0 N–H and O–H groups in total. The summed E-state index contributed by atoms with van der Waals surface area (Å²) in [4.78, 5) is 32.0. The number of nitrogens with zero attached hydrogens (tertiary/aromatic N) is 3. The number of anilines is 1. The molecule has 0 fully saturated rings. The Morgan fingerprint density at radius 3 is 2.67 bits per heavy atom. The maximum atomic E-state index is 13.2. The molecular weight excluding hydrogens is 473 g/mol. The van der Waals surface area contributed by atoms with Crippen molar-refractivity contribution in [2.24, 2.45) is 0 Å². The van der Waals surface area contributed by atoms with Crippen molar-refractivity contribution >= 4 is 50.2 Å². The van der Waals surface area contributed by atoms with Gasteiger partial charge in [0.2, 0.25) is 5.91 Å². The average molecular weight is 494 g/mol. The number of rotatable bonds is 8. The molecule has 30 heavy (non-hydrogen) atoms. The van der Waals surface area contributed by atoms with Gasteiger partial charge in [0, 0.05) is 23.8 Å². The topological polar surface area (TPSA) is 64.4 Å². The van der Waals surface area contributed by atoms with Crippen LogP contribution in [-0.2, 0) is 16.1 Å². The van der Waals surface area contributed by atoms with E-state index in [2.05, 4.69) is 20.9 Å². The number of carbonyl (C=O) groups excluding carboxylic acids is 1. The Kier molecular flexibility index (Phi) is 7.63. The van der Waals surface area contributed by atoms with E-state index in [-0.39, 0.29) is 23.0 Å². The number of fused-ring (bicyclic) bond motifs is 1. The lowest BCUT2D eigenvalue weighted by Gasteiger charge is -2.21. The zero-order valence-electron chi connectivity index (χ0n) is 16.6. The van der Waals surface area contributed by atoms with E-state index < -0.39 is 0 Å². The smallest absolute Gasteiger partial charge is 0.262 e. The van der Waals surface area contributed by atoms with E-state index in [9.17, 15) is 14.0 Å². The molecule has 1 aromatic heterocycles. The number of halogens is 2. The molecule has 158 valence electrons. The SMILES string of the molecule is CCN(C(=O)CSc1nc2ccc(Br)cc2c(=O)n1CCOC)c1ccc(F)cc1. The Hall–Kier alpha value is -2.23. The maximum Gasteiger partial charge on any atom is 0.262 e. The number of amides is 1. The van der Waals surface area contributed by atoms with Crippen molar-refractivity contribution in [3.63, 3.8) is 0 Å². The lowest BCUT2D eigenvalue weighted by molar-refractivity contribution is -0.116. The van der Waals surface area contributed by atoms with Crippen LogP contribution in [-0.4, -0.2) is 41.5 Å². The van der Waals surface area contributed by atoms with Crippen LogP contribution in [0.5, 0.6) is 0 Å². The van der Waals surface area contributed by atoms with Gasteiger partial charge >= 0.3 is 0 Å². The summed E-state index contributed by atoms with van der Waals surface area (Å²) in [5.41, 5.74) is 1.01. The van der Waals surface area contributed by atoms with Crippen molar-refractivity contribution in [2.45, 2.75) is 18.6 Å². The molecule has 0 radical (unpaired) electrons. The van der Waals surface area contributed by atoms with Crippen molar-refractivity contribution in [1.82, 2.24) is 9.55 Å². The van der Waals surface area contributed by atoms with Crippen LogP contribution in [0.4, 0.5) is 10.1 Å². The fourth-order valence-corrected chi connectivity index (χ4v) is 4.25. The van der Waals surface area contributed by atoms with E-state index in [1.165, 1.54) is 28.5 Å². The number of aromatic nitrogens is 2. The third-order valence-corrected chi connectivity index (χ3v) is 5.93. The van der Waals surface area contributed by atoms with Crippen molar-refractivity contribution in [3.05, 3.63) is 63.1 Å². The van der Waals surface area contributed by atoms with Crippen LogP contribution in [0.1, 0.15) is 6.92 Å². The number of carbonyl (C=O) groups is 1. The highest BCUT2D eigenvalue weighted by molar-refractivity contribution is 9.10. The molecule has 0 aliphatic rings. The molecular formula is C21H21BrFN3O3S. The fraction of sp³-hybridized carbons (Fsp3) is 0.286. The van der Waals surface area contributed by atoms with E-state index in [0.29, 0.717) is 41.4 Å². The summed E-state index contributed by atoms with van der Waals surface area (Å²) in [5, 5.41) is 0.952. The summed E-state index contributed by atoms with van der Waals surface area (Å²) in [7, 11) is 1.56. The molecule has 0 unspecified atom stereocenters. The minimum atomic E-state index is -0.356. The normalized spacial score (nSPS) is 11.1. The standard InChI is InChI=1S/C21H21BrFN3O3S/c1-3-25(16-7-5-15(23)6-8-16)19(27)13-30-21-24-18-9-4-14(22)12-17(18)20(28)26(21)10-11-29-2/h4-9,12H,3,10-11,13H2,1-2H3. The molecule has 3 rings (SSSR count). The Bertz CT molecular complexity index is 1110. The number of thioether (sulfide) groups is 1. The number of methoxy groups -OCH3 is 1. The van der Waals surface area contributed by atoms with Gasteiger partial charge in [-0.15, -0.1) is 0 Å². The third kappa shape index (κ3) is 5.08. The molecule has 0 saturated carbocycles. The Morgan fingerprint density at radius 1 is 1.27 bits per heavy atom. The average Bonchev–Trinajstić information content (AvgIpc) is 2.74. The summed E-state index contributed by atoms with van der Waals surface area (Å²) in [6.45, 7) is 2.98. The molecule has 1 amide bonds. The van der Waals surface area contributed by atoms with Gasteiger partial charge in [0.25, 0.3) is 5.56 Å². The maximum absolute atomic E-state index is 13.2. The summed E-state index contributed by atoms with van der Waals surface area (Å²) < 4.78 is 20.7. The predicted molar refractivity (Wildman–Crippen MR) is 121 cm³/mol. The highest BCUT2D eigenvalue weighted by Gasteiger charge is 2.18. The second-order valence-corrected chi connectivity index (χ2v) is 8.27. The second-order valence-electron chi connectivity index (χ2n) is 6.41. The minimum Gasteiger partial charge on any atom is -0.383 e. The Morgan fingerprint density at radius 2 is 2.00 bits per heavy atom. The first kappa shape index (κ1) is 22.5. The molecule has 6 nitrogen and oxygen atoms in total. The van der Waals surface area contributed by atoms with E-state index in [1.807, 2.05) is 13.0 Å². The fourth-order valence-electron chi connectivity index (χ4n) is 2.99. The zero-order chi connectivity index (χ0) is 21.7. The van der Waals surface area contributed by atoms with Gasteiger partial charge < -0.3 is 9.64 Å².